The highest BCUT2D eigenvalue weighted by Gasteiger charge is 2.08. The van der Waals surface area contributed by atoms with Gasteiger partial charge in [-0.1, -0.05) is 24.3 Å². The van der Waals surface area contributed by atoms with Gasteiger partial charge in [-0.15, -0.1) is 11.8 Å². The normalized spacial score (nSPS) is 10.8. The molecule has 5 nitrogen and oxygen atoms in total. The van der Waals surface area contributed by atoms with E-state index in [1.54, 1.807) is 11.8 Å². The van der Waals surface area contributed by atoms with E-state index in [1.807, 2.05) is 90.6 Å². The maximum atomic E-state index is 12.4. The van der Waals surface area contributed by atoms with Gasteiger partial charge in [-0.05, 0) is 55.1 Å². The molecule has 2 aromatic heterocycles. The number of rotatable bonds is 4. The summed E-state index contributed by atoms with van der Waals surface area (Å²) in [4.78, 5) is 18.2. The highest BCUT2D eigenvalue weighted by Crippen LogP contribution is 2.24. The number of nitrogens with zero attached hydrogens (tertiary/aromatic N) is 2. The zero-order valence-electron chi connectivity index (χ0n) is 15.6. The van der Waals surface area contributed by atoms with Gasteiger partial charge in [0.1, 0.15) is 5.65 Å². The van der Waals surface area contributed by atoms with E-state index in [0.717, 1.165) is 33.1 Å². The van der Waals surface area contributed by atoms with Gasteiger partial charge in [0.05, 0.1) is 5.69 Å². The molecule has 0 fully saturated rings. The molecule has 0 aliphatic heterocycles. The Morgan fingerprint density at radius 3 is 2.50 bits per heavy atom. The summed E-state index contributed by atoms with van der Waals surface area (Å²) in [5.41, 5.74) is 5.34. The van der Waals surface area contributed by atoms with Crippen LogP contribution in [0.2, 0.25) is 0 Å². The fraction of sp³-hybridized carbons (Fsp3) is 0.0909. The number of amides is 2. The van der Waals surface area contributed by atoms with E-state index in [0.29, 0.717) is 5.69 Å². The van der Waals surface area contributed by atoms with Crippen molar-refractivity contribution in [2.45, 2.75) is 11.8 Å². The molecule has 0 spiro atoms. The molecule has 2 N–H and O–H groups in total. The molecule has 6 heteroatoms. The van der Waals surface area contributed by atoms with Crippen molar-refractivity contribution >= 4 is 34.8 Å². The number of fused-ring (bicyclic) bond motifs is 1. The third-order valence-corrected chi connectivity index (χ3v) is 5.15. The van der Waals surface area contributed by atoms with E-state index >= 15 is 0 Å². The van der Waals surface area contributed by atoms with Crippen molar-refractivity contribution in [1.82, 2.24) is 9.38 Å². The number of aromatic nitrogens is 2. The van der Waals surface area contributed by atoms with Crippen molar-refractivity contribution in [1.29, 1.82) is 0 Å². The van der Waals surface area contributed by atoms with E-state index in [1.165, 1.54) is 0 Å². The second-order valence-corrected chi connectivity index (χ2v) is 7.32. The Bertz CT molecular complexity index is 1150. The second kappa shape index (κ2) is 7.78. The molecule has 2 amide bonds. The third-order valence-electron chi connectivity index (χ3n) is 4.42. The minimum atomic E-state index is -0.277. The van der Waals surface area contributed by atoms with Crippen LogP contribution in [0, 0.1) is 6.92 Å². The monoisotopic (exact) mass is 388 g/mol. The Hall–Kier alpha value is -3.25. The Labute approximate surface area is 167 Å². The summed E-state index contributed by atoms with van der Waals surface area (Å²) >= 11 is 1.64. The Balaban J connectivity index is 1.53. The predicted molar refractivity (Wildman–Crippen MR) is 116 cm³/mol. The maximum Gasteiger partial charge on any atom is 0.323 e. The summed E-state index contributed by atoms with van der Waals surface area (Å²) in [5.74, 6) is 0. The molecule has 0 aliphatic carbocycles. The first-order valence-corrected chi connectivity index (χ1v) is 10.1. The van der Waals surface area contributed by atoms with Gasteiger partial charge < -0.3 is 15.0 Å². The van der Waals surface area contributed by atoms with Gasteiger partial charge in [0.25, 0.3) is 0 Å². The molecular weight excluding hydrogens is 368 g/mol. The summed E-state index contributed by atoms with van der Waals surface area (Å²) in [6.45, 7) is 2.04. The lowest BCUT2D eigenvalue weighted by molar-refractivity contribution is 0.262. The standard InChI is InChI=1S/C22H20N4OS/c1-15-6-5-11-26-14-20(25-21(15)26)16-7-3-8-17(12-16)23-22(27)24-18-9-4-10-19(13-18)28-2/h3-14H,1-2H3,(H2,23,24,27). The molecule has 0 saturated heterocycles. The Morgan fingerprint density at radius 1 is 1.00 bits per heavy atom. The first kappa shape index (κ1) is 18.1. The minimum absolute atomic E-state index is 0.277. The summed E-state index contributed by atoms with van der Waals surface area (Å²) in [5, 5.41) is 5.76. The number of anilines is 2. The van der Waals surface area contributed by atoms with Crippen LogP contribution in [-0.4, -0.2) is 21.7 Å². The molecule has 0 bridgehead atoms. The van der Waals surface area contributed by atoms with Crippen LogP contribution in [0.15, 0.2) is 78.0 Å². The number of thioether (sulfide) groups is 1. The van der Waals surface area contributed by atoms with Crippen LogP contribution < -0.4 is 10.6 Å². The highest BCUT2D eigenvalue weighted by atomic mass is 32.2. The van der Waals surface area contributed by atoms with Crippen LogP contribution in [0.4, 0.5) is 16.2 Å². The average molecular weight is 388 g/mol. The zero-order chi connectivity index (χ0) is 19.5. The second-order valence-electron chi connectivity index (χ2n) is 6.44. The largest absolute Gasteiger partial charge is 0.323 e. The highest BCUT2D eigenvalue weighted by molar-refractivity contribution is 7.98. The van der Waals surface area contributed by atoms with Crippen LogP contribution in [0.1, 0.15) is 5.56 Å². The SMILES string of the molecule is CSc1cccc(NC(=O)Nc2cccc(-c3cn4cccc(C)c4n3)c2)c1. The molecule has 2 aromatic carbocycles. The van der Waals surface area contributed by atoms with Crippen molar-refractivity contribution in [3.05, 3.63) is 78.6 Å². The molecule has 28 heavy (non-hydrogen) atoms. The minimum Gasteiger partial charge on any atom is -0.308 e. The Morgan fingerprint density at radius 2 is 1.75 bits per heavy atom. The topological polar surface area (TPSA) is 58.4 Å². The van der Waals surface area contributed by atoms with Gasteiger partial charge >= 0.3 is 6.03 Å². The van der Waals surface area contributed by atoms with Gasteiger partial charge in [-0.3, -0.25) is 0 Å². The number of aryl methyl sites for hydroxylation is 1. The van der Waals surface area contributed by atoms with Gasteiger partial charge in [0, 0.05) is 34.2 Å². The quantitative estimate of drug-likeness (QED) is 0.443. The average Bonchev–Trinajstić information content (AvgIpc) is 3.14. The molecule has 0 atom stereocenters. The van der Waals surface area contributed by atoms with Crippen LogP contribution in [0.5, 0.6) is 0 Å². The molecule has 0 aliphatic rings. The molecule has 2 heterocycles. The van der Waals surface area contributed by atoms with Crippen LogP contribution in [-0.2, 0) is 0 Å². The van der Waals surface area contributed by atoms with Crippen molar-refractivity contribution in [2.24, 2.45) is 0 Å². The molecule has 0 unspecified atom stereocenters. The summed E-state index contributed by atoms with van der Waals surface area (Å²) in [6, 6.07) is 19.2. The fourth-order valence-corrected chi connectivity index (χ4v) is 3.50. The molecule has 4 aromatic rings. The van der Waals surface area contributed by atoms with Gasteiger partial charge in [0.15, 0.2) is 0 Å². The van der Waals surface area contributed by atoms with Crippen molar-refractivity contribution in [3.63, 3.8) is 0 Å². The number of imidazole rings is 1. The molecule has 140 valence electrons. The van der Waals surface area contributed by atoms with E-state index < -0.39 is 0 Å². The lowest BCUT2D eigenvalue weighted by atomic mass is 10.1. The lowest BCUT2D eigenvalue weighted by Crippen LogP contribution is -2.19. The number of carbonyl (C=O) groups excluding carboxylic acids is 1. The van der Waals surface area contributed by atoms with E-state index in [4.69, 9.17) is 4.98 Å². The predicted octanol–water partition coefficient (Wildman–Crippen LogP) is 5.68. The van der Waals surface area contributed by atoms with Crippen molar-refractivity contribution in [2.75, 3.05) is 16.9 Å². The number of nitrogens with one attached hydrogen (secondary N) is 2. The number of urea groups is 1. The molecule has 4 rings (SSSR count). The van der Waals surface area contributed by atoms with Crippen LogP contribution >= 0.6 is 11.8 Å². The smallest absolute Gasteiger partial charge is 0.308 e. The molecular formula is C22H20N4OS. The van der Waals surface area contributed by atoms with Gasteiger partial charge in [0.2, 0.25) is 0 Å². The number of benzene rings is 2. The first-order valence-electron chi connectivity index (χ1n) is 8.89. The zero-order valence-corrected chi connectivity index (χ0v) is 16.5. The first-order chi connectivity index (χ1) is 13.6. The van der Waals surface area contributed by atoms with Crippen LogP contribution in [0.3, 0.4) is 0 Å². The summed E-state index contributed by atoms with van der Waals surface area (Å²) in [6.07, 6.45) is 5.98. The maximum absolute atomic E-state index is 12.4. The Kier molecular flexibility index (Phi) is 5.04. The number of hydrogen-bond acceptors (Lipinski definition) is 3. The molecule has 0 radical (unpaired) electrons. The summed E-state index contributed by atoms with van der Waals surface area (Å²) in [7, 11) is 0. The number of carbonyl (C=O) groups is 1. The lowest BCUT2D eigenvalue weighted by Gasteiger charge is -2.09. The number of pyridine rings is 1. The van der Waals surface area contributed by atoms with Crippen molar-refractivity contribution in [3.8, 4) is 11.3 Å². The summed E-state index contributed by atoms with van der Waals surface area (Å²) < 4.78 is 2.01. The third kappa shape index (κ3) is 3.87. The van der Waals surface area contributed by atoms with E-state index in [9.17, 15) is 4.79 Å². The fourth-order valence-electron chi connectivity index (χ4n) is 3.04. The van der Waals surface area contributed by atoms with Gasteiger partial charge in [-0.25, -0.2) is 9.78 Å². The van der Waals surface area contributed by atoms with E-state index in [2.05, 4.69) is 10.6 Å². The number of hydrogen-bond donors (Lipinski definition) is 2. The van der Waals surface area contributed by atoms with Crippen LogP contribution in [0.25, 0.3) is 16.9 Å². The van der Waals surface area contributed by atoms with Crippen molar-refractivity contribution < 1.29 is 4.79 Å². The molecule has 0 saturated carbocycles. The van der Waals surface area contributed by atoms with Gasteiger partial charge in [-0.2, -0.15) is 0 Å². The van der Waals surface area contributed by atoms with E-state index in [-0.39, 0.29) is 6.03 Å².